The summed E-state index contributed by atoms with van der Waals surface area (Å²) in [6, 6.07) is 0. The fraction of sp³-hybridized carbons (Fsp3) is 0.571. The molecule has 0 aliphatic rings. The molecule has 10 heavy (non-hydrogen) atoms. The van der Waals surface area contributed by atoms with Crippen molar-refractivity contribution in [1.29, 1.82) is 0 Å². The van der Waals surface area contributed by atoms with E-state index in [0.29, 0.717) is 5.57 Å². The van der Waals surface area contributed by atoms with Gasteiger partial charge >= 0.3 is 0 Å². The summed E-state index contributed by atoms with van der Waals surface area (Å²) in [6.07, 6.45) is 0. The molecule has 3 nitrogen and oxygen atoms in total. The number of nitrogens with two attached hydrogens (primary N) is 1. The molecule has 0 saturated carbocycles. The molecule has 3 heteroatoms. The van der Waals surface area contributed by atoms with Crippen molar-refractivity contribution < 1.29 is 4.79 Å². The number of hydrogen-bond acceptors (Lipinski definition) is 2. The van der Waals surface area contributed by atoms with Crippen molar-refractivity contribution in [1.82, 2.24) is 4.90 Å². The van der Waals surface area contributed by atoms with Crippen LogP contribution in [0.1, 0.15) is 13.8 Å². The highest BCUT2D eigenvalue weighted by Crippen LogP contribution is 2.03. The first kappa shape index (κ1) is 9.01. The average molecular weight is 142 g/mol. The Labute approximate surface area is 61.5 Å². The highest BCUT2D eigenvalue weighted by atomic mass is 16.1. The maximum Gasteiger partial charge on any atom is 0.246 e. The summed E-state index contributed by atoms with van der Waals surface area (Å²) >= 11 is 0. The molecule has 0 rings (SSSR count). The zero-order chi connectivity index (χ0) is 8.31. The van der Waals surface area contributed by atoms with E-state index in [1.165, 1.54) is 0 Å². The lowest BCUT2D eigenvalue weighted by Gasteiger charge is -2.14. The van der Waals surface area contributed by atoms with E-state index in [0.717, 1.165) is 5.70 Å². The number of hydrogen-bond donors (Lipinski definition) is 1. The van der Waals surface area contributed by atoms with Gasteiger partial charge in [-0.2, -0.15) is 0 Å². The van der Waals surface area contributed by atoms with Crippen LogP contribution in [0.5, 0.6) is 0 Å². The van der Waals surface area contributed by atoms with Gasteiger partial charge in [-0.05, 0) is 13.8 Å². The zero-order valence-electron chi connectivity index (χ0n) is 6.93. The van der Waals surface area contributed by atoms with E-state index in [1.54, 1.807) is 6.92 Å². The van der Waals surface area contributed by atoms with Gasteiger partial charge in [0.2, 0.25) is 5.91 Å². The van der Waals surface area contributed by atoms with E-state index in [9.17, 15) is 4.79 Å². The van der Waals surface area contributed by atoms with Gasteiger partial charge in [0, 0.05) is 25.4 Å². The average Bonchev–Trinajstić information content (AvgIpc) is 1.84. The summed E-state index contributed by atoms with van der Waals surface area (Å²) in [6.45, 7) is 3.58. The lowest BCUT2D eigenvalue weighted by molar-refractivity contribution is -0.114. The second-order valence-electron chi connectivity index (χ2n) is 2.47. The van der Waals surface area contributed by atoms with Gasteiger partial charge in [0.15, 0.2) is 0 Å². The van der Waals surface area contributed by atoms with Gasteiger partial charge in [-0.1, -0.05) is 0 Å². The van der Waals surface area contributed by atoms with Crippen LogP contribution in [0.3, 0.4) is 0 Å². The lowest BCUT2D eigenvalue weighted by Crippen LogP contribution is -2.18. The number of rotatable bonds is 2. The third kappa shape index (κ3) is 2.09. The van der Waals surface area contributed by atoms with E-state index >= 15 is 0 Å². The van der Waals surface area contributed by atoms with Gasteiger partial charge < -0.3 is 10.6 Å². The fourth-order valence-corrected chi connectivity index (χ4v) is 0.514. The Balaban J connectivity index is 4.50. The molecule has 0 aliphatic carbocycles. The molecule has 0 aromatic rings. The Bertz CT molecular complexity index is 170. The summed E-state index contributed by atoms with van der Waals surface area (Å²) in [5.41, 5.74) is 6.58. The first-order valence-corrected chi connectivity index (χ1v) is 3.11. The van der Waals surface area contributed by atoms with Gasteiger partial charge in [0.05, 0.1) is 0 Å². The van der Waals surface area contributed by atoms with Crippen molar-refractivity contribution in [3.8, 4) is 0 Å². The number of amides is 1. The molecule has 0 aliphatic heterocycles. The van der Waals surface area contributed by atoms with Crippen LogP contribution in [-0.4, -0.2) is 24.9 Å². The van der Waals surface area contributed by atoms with Gasteiger partial charge in [0.25, 0.3) is 0 Å². The normalized spacial score (nSPS) is 12.4. The highest BCUT2D eigenvalue weighted by Gasteiger charge is 2.03. The number of nitrogens with zero attached hydrogens (tertiary/aromatic N) is 1. The van der Waals surface area contributed by atoms with Gasteiger partial charge in [0.1, 0.15) is 0 Å². The van der Waals surface area contributed by atoms with Crippen molar-refractivity contribution in [2.75, 3.05) is 14.1 Å². The second-order valence-corrected chi connectivity index (χ2v) is 2.47. The number of allylic oxidation sites excluding steroid dienone is 1. The molecule has 0 fully saturated rings. The molecule has 0 aromatic heterocycles. The quantitative estimate of drug-likeness (QED) is 0.565. The van der Waals surface area contributed by atoms with Crippen LogP contribution >= 0.6 is 0 Å². The fourth-order valence-electron chi connectivity index (χ4n) is 0.514. The Morgan fingerprint density at radius 2 is 1.70 bits per heavy atom. The molecule has 58 valence electrons. The molecule has 0 aromatic carbocycles. The minimum absolute atomic E-state index is 0.355. The SMILES string of the molecule is C/C(C(N)=O)=C(/C)N(C)C. The van der Waals surface area contributed by atoms with Crippen molar-refractivity contribution in [2.24, 2.45) is 5.73 Å². The summed E-state index contributed by atoms with van der Waals surface area (Å²) in [7, 11) is 3.75. The van der Waals surface area contributed by atoms with Crippen LogP contribution in [0.2, 0.25) is 0 Å². The second kappa shape index (κ2) is 3.25. The summed E-state index contributed by atoms with van der Waals surface area (Å²) < 4.78 is 0. The number of carbonyl (C=O) groups is 1. The van der Waals surface area contributed by atoms with Gasteiger partial charge in [-0.3, -0.25) is 4.79 Å². The number of primary amides is 1. The zero-order valence-corrected chi connectivity index (χ0v) is 6.93. The van der Waals surface area contributed by atoms with Crippen LogP contribution in [0.25, 0.3) is 0 Å². The lowest BCUT2D eigenvalue weighted by atomic mass is 10.2. The molecular weight excluding hydrogens is 128 g/mol. The first-order chi connectivity index (χ1) is 4.46. The minimum Gasteiger partial charge on any atom is -0.381 e. The Kier molecular flexibility index (Phi) is 2.93. The maximum absolute atomic E-state index is 10.6. The third-order valence-electron chi connectivity index (χ3n) is 1.58. The smallest absolute Gasteiger partial charge is 0.246 e. The Morgan fingerprint density at radius 3 is 1.80 bits per heavy atom. The molecule has 0 radical (unpaired) electrons. The predicted molar refractivity (Wildman–Crippen MR) is 41.3 cm³/mol. The molecule has 0 heterocycles. The monoisotopic (exact) mass is 142 g/mol. The van der Waals surface area contributed by atoms with E-state index < -0.39 is 0 Å². The van der Waals surface area contributed by atoms with E-state index in [-0.39, 0.29) is 5.91 Å². The first-order valence-electron chi connectivity index (χ1n) is 3.11. The van der Waals surface area contributed by atoms with E-state index in [1.807, 2.05) is 25.9 Å². The van der Waals surface area contributed by atoms with Crippen LogP contribution in [-0.2, 0) is 4.79 Å². The standard InChI is InChI=1S/C7H14N2O/c1-5(7(8)10)6(2)9(3)4/h1-4H3,(H2,8,10)/b6-5+. The predicted octanol–water partition coefficient (Wildman–Crippen LogP) is 0.327. The topological polar surface area (TPSA) is 46.3 Å². The Morgan fingerprint density at radius 1 is 1.30 bits per heavy atom. The van der Waals surface area contributed by atoms with Crippen molar-refractivity contribution in [3.63, 3.8) is 0 Å². The van der Waals surface area contributed by atoms with E-state index in [2.05, 4.69) is 0 Å². The van der Waals surface area contributed by atoms with Gasteiger partial charge in [-0.15, -0.1) is 0 Å². The molecule has 0 spiro atoms. The van der Waals surface area contributed by atoms with Crippen LogP contribution < -0.4 is 5.73 Å². The van der Waals surface area contributed by atoms with Crippen molar-refractivity contribution in [2.45, 2.75) is 13.8 Å². The van der Waals surface area contributed by atoms with Crippen LogP contribution in [0.15, 0.2) is 11.3 Å². The summed E-state index contributed by atoms with van der Waals surface area (Å²) in [4.78, 5) is 12.4. The van der Waals surface area contributed by atoms with Crippen LogP contribution in [0, 0.1) is 0 Å². The molecule has 2 N–H and O–H groups in total. The molecule has 0 atom stereocenters. The number of carbonyl (C=O) groups excluding carboxylic acids is 1. The largest absolute Gasteiger partial charge is 0.381 e. The van der Waals surface area contributed by atoms with Crippen LogP contribution in [0.4, 0.5) is 0 Å². The minimum atomic E-state index is -0.355. The molecule has 0 saturated heterocycles. The van der Waals surface area contributed by atoms with E-state index in [4.69, 9.17) is 5.73 Å². The molecule has 1 amide bonds. The maximum atomic E-state index is 10.6. The highest BCUT2D eigenvalue weighted by molar-refractivity contribution is 5.91. The summed E-state index contributed by atoms with van der Waals surface area (Å²) in [5, 5.41) is 0. The Hall–Kier alpha value is -0.990. The third-order valence-corrected chi connectivity index (χ3v) is 1.58. The van der Waals surface area contributed by atoms with Crippen molar-refractivity contribution >= 4 is 5.91 Å². The summed E-state index contributed by atoms with van der Waals surface area (Å²) in [5.74, 6) is -0.355. The van der Waals surface area contributed by atoms with Crippen molar-refractivity contribution in [3.05, 3.63) is 11.3 Å². The molecule has 0 bridgehead atoms. The molecule has 0 unspecified atom stereocenters. The molecular formula is C7H14N2O. The van der Waals surface area contributed by atoms with Gasteiger partial charge in [-0.25, -0.2) is 0 Å².